The number of hydrogen-bond acceptors (Lipinski definition) is 3. The number of nitrogens with zero attached hydrogens (tertiary/aromatic N) is 1. The molecule has 0 aliphatic rings. The molecule has 0 aliphatic carbocycles. The van der Waals surface area contributed by atoms with E-state index < -0.39 is 0 Å². The Hall–Kier alpha value is -0.150. The Balaban J connectivity index is 4.47. The minimum absolute atomic E-state index is 1.07. The van der Waals surface area contributed by atoms with Crippen LogP contribution in [0.15, 0.2) is 28.6 Å². The van der Waals surface area contributed by atoms with Crippen LogP contribution in [0.3, 0.4) is 0 Å². The van der Waals surface area contributed by atoms with Gasteiger partial charge in [-0.3, -0.25) is 4.99 Å². The molecular weight excluding hydrogens is 174 g/mol. The molecule has 1 nitrogen and oxygen atoms in total. The number of rotatable bonds is 3. The van der Waals surface area contributed by atoms with Gasteiger partial charge >= 0.3 is 0 Å². The van der Waals surface area contributed by atoms with Crippen LogP contribution in [0.4, 0.5) is 0 Å². The Morgan fingerprint density at radius 1 is 1.36 bits per heavy atom. The standard InChI is InChI=1S/C8H13NS2/c1-5-6-7(10-3)8(9-2)11-4/h5-6H,1H2,2-4H3/b7-6-,9-8?. The van der Waals surface area contributed by atoms with Gasteiger partial charge in [-0.15, -0.1) is 23.5 Å². The first-order chi connectivity index (χ1) is 5.29. The van der Waals surface area contributed by atoms with Crippen LogP contribution in [0.25, 0.3) is 0 Å². The average molecular weight is 187 g/mol. The predicted molar refractivity (Wildman–Crippen MR) is 58.7 cm³/mol. The van der Waals surface area contributed by atoms with Gasteiger partial charge in [-0.2, -0.15) is 0 Å². The van der Waals surface area contributed by atoms with E-state index in [2.05, 4.69) is 11.6 Å². The summed E-state index contributed by atoms with van der Waals surface area (Å²) in [6.45, 7) is 3.65. The summed E-state index contributed by atoms with van der Waals surface area (Å²) in [6.07, 6.45) is 7.82. The van der Waals surface area contributed by atoms with Crippen molar-refractivity contribution in [2.45, 2.75) is 0 Å². The fraction of sp³-hybridized carbons (Fsp3) is 0.375. The lowest BCUT2D eigenvalue weighted by Gasteiger charge is -2.02. The van der Waals surface area contributed by atoms with Crippen LogP contribution in [0.1, 0.15) is 0 Å². The second-order valence-corrected chi connectivity index (χ2v) is 3.35. The molecule has 11 heavy (non-hydrogen) atoms. The summed E-state index contributed by atoms with van der Waals surface area (Å²) in [5.41, 5.74) is 0. The number of aliphatic imine (C=N–C) groups is 1. The summed E-state index contributed by atoms with van der Waals surface area (Å²) < 4.78 is 0. The summed E-state index contributed by atoms with van der Waals surface area (Å²) >= 11 is 3.35. The molecule has 0 heterocycles. The lowest BCUT2D eigenvalue weighted by Crippen LogP contribution is -1.92. The Morgan fingerprint density at radius 2 is 2.00 bits per heavy atom. The van der Waals surface area contributed by atoms with Crippen LogP contribution in [0, 0.1) is 0 Å². The SMILES string of the molecule is C=C/C=C(\SC)C(=NC)SC. The molecule has 0 unspecified atom stereocenters. The smallest absolute Gasteiger partial charge is 0.103 e. The minimum Gasteiger partial charge on any atom is -0.281 e. The molecule has 62 valence electrons. The van der Waals surface area contributed by atoms with E-state index in [1.54, 1.807) is 36.6 Å². The maximum Gasteiger partial charge on any atom is 0.103 e. The van der Waals surface area contributed by atoms with Crippen molar-refractivity contribution in [1.82, 2.24) is 0 Å². The van der Waals surface area contributed by atoms with E-state index in [1.165, 1.54) is 4.91 Å². The molecule has 0 aromatic carbocycles. The zero-order valence-corrected chi connectivity index (χ0v) is 8.76. The Bertz CT molecular complexity index is 183. The van der Waals surface area contributed by atoms with Crippen LogP contribution >= 0.6 is 23.5 Å². The summed E-state index contributed by atoms with van der Waals surface area (Å²) in [6, 6.07) is 0. The Morgan fingerprint density at radius 3 is 2.27 bits per heavy atom. The van der Waals surface area contributed by atoms with E-state index in [9.17, 15) is 0 Å². The molecule has 0 saturated carbocycles. The third kappa shape index (κ3) is 3.68. The highest BCUT2D eigenvalue weighted by molar-refractivity contribution is 8.17. The lowest BCUT2D eigenvalue weighted by molar-refractivity contribution is 1.47. The molecule has 0 spiro atoms. The Labute approximate surface area is 77.1 Å². The van der Waals surface area contributed by atoms with Crippen molar-refractivity contribution in [1.29, 1.82) is 0 Å². The highest BCUT2D eigenvalue weighted by Crippen LogP contribution is 2.19. The number of hydrogen-bond donors (Lipinski definition) is 0. The van der Waals surface area contributed by atoms with Crippen molar-refractivity contribution < 1.29 is 0 Å². The highest BCUT2D eigenvalue weighted by atomic mass is 32.2. The van der Waals surface area contributed by atoms with Gasteiger partial charge in [0.2, 0.25) is 0 Å². The molecular formula is C8H13NS2. The third-order valence-electron chi connectivity index (χ3n) is 1.10. The molecule has 0 N–H and O–H groups in total. The van der Waals surface area contributed by atoms with E-state index in [-0.39, 0.29) is 0 Å². The summed E-state index contributed by atoms with van der Waals surface area (Å²) in [5.74, 6) is 0. The van der Waals surface area contributed by atoms with Gasteiger partial charge in [-0.1, -0.05) is 12.7 Å². The van der Waals surface area contributed by atoms with Gasteiger partial charge in [0.15, 0.2) is 0 Å². The monoisotopic (exact) mass is 187 g/mol. The molecule has 0 aromatic heterocycles. The second-order valence-electron chi connectivity index (χ2n) is 1.70. The fourth-order valence-corrected chi connectivity index (χ4v) is 2.09. The van der Waals surface area contributed by atoms with Crippen molar-refractivity contribution in [3.8, 4) is 0 Å². The maximum atomic E-state index is 4.14. The molecule has 0 radical (unpaired) electrons. The average Bonchev–Trinajstić information content (AvgIpc) is 2.05. The number of allylic oxidation sites excluding steroid dienone is 2. The zero-order valence-electron chi connectivity index (χ0n) is 7.13. The van der Waals surface area contributed by atoms with E-state index in [0.717, 1.165) is 5.04 Å². The molecule has 0 aliphatic heterocycles. The van der Waals surface area contributed by atoms with Gasteiger partial charge in [0.25, 0.3) is 0 Å². The van der Waals surface area contributed by atoms with Gasteiger partial charge in [-0.05, 0) is 18.6 Å². The van der Waals surface area contributed by atoms with Gasteiger partial charge in [0.1, 0.15) is 5.04 Å². The predicted octanol–water partition coefficient (Wildman–Crippen LogP) is 2.81. The highest BCUT2D eigenvalue weighted by Gasteiger charge is 2.00. The normalized spacial score (nSPS) is 13.4. The maximum absolute atomic E-state index is 4.14. The van der Waals surface area contributed by atoms with Gasteiger partial charge in [0.05, 0.1) is 0 Å². The summed E-state index contributed by atoms with van der Waals surface area (Å²) in [5, 5.41) is 1.07. The molecule has 0 atom stereocenters. The molecule has 0 aromatic rings. The van der Waals surface area contributed by atoms with E-state index in [4.69, 9.17) is 0 Å². The van der Waals surface area contributed by atoms with Crippen molar-refractivity contribution in [2.75, 3.05) is 19.6 Å². The molecule has 0 fully saturated rings. The van der Waals surface area contributed by atoms with Crippen molar-refractivity contribution in [2.24, 2.45) is 4.99 Å². The van der Waals surface area contributed by atoms with Crippen LogP contribution in [-0.4, -0.2) is 24.6 Å². The van der Waals surface area contributed by atoms with Gasteiger partial charge < -0.3 is 0 Å². The second kappa shape index (κ2) is 6.55. The summed E-state index contributed by atoms with van der Waals surface area (Å²) in [7, 11) is 1.80. The lowest BCUT2D eigenvalue weighted by atomic mass is 10.5. The molecule has 0 amide bonds. The van der Waals surface area contributed by atoms with E-state index >= 15 is 0 Å². The number of thioether (sulfide) groups is 2. The third-order valence-corrected chi connectivity index (χ3v) is 2.78. The Kier molecular flexibility index (Phi) is 6.46. The topological polar surface area (TPSA) is 12.4 Å². The fourth-order valence-electron chi connectivity index (χ4n) is 0.636. The van der Waals surface area contributed by atoms with Crippen LogP contribution < -0.4 is 0 Å². The van der Waals surface area contributed by atoms with E-state index in [1.807, 2.05) is 18.6 Å². The minimum atomic E-state index is 1.07. The van der Waals surface area contributed by atoms with Crippen molar-refractivity contribution in [3.63, 3.8) is 0 Å². The first-order valence-electron chi connectivity index (χ1n) is 3.18. The first-order valence-corrected chi connectivity index (χ1v) is 5.63. The van der Waals surface area contributed by atoms with Crippen molar-refractivity contribution >= 4 is 28.6 Å². The largest absolute Gasteiger partial charge is 0.281 e. The molecule has 3 heteroatoms. The van der Waals surface area contributed by atoms with E-state index in [0.29, 0.717) is 0 Å². The molecule has 0 bridgehead atoms. The van der Waals surface area contributed by atoms with Crippen LogP contribution in [0.5, 0.6) is 0 Å². The van der Waals surface area contributed by atoms with Gasteiger partial charge in [-0.25, -0.2) is 0 Å². The van der Waals surface area contributed by atoms with Gasteiger partial charge in [0, 0.05) is 12.0 Å². The molecule has 0 saturated heterocycles. The molecule has 0 rings (SSSR count). The quantitative estimate of drug-likeness (QED) is 0.383. The van der Waals surface area contributed by atoms with Crippen molar-refractivity contribution in [3.05, 3.63) is 23.6 Å². The summed E-state index contributed by atoms with van der Waals surface area (Å²) in [4.78, 5) is 5.31. The van der Waals surface area contributed by atoms with Crippen LogP contribution in [0.2, 0.25) is 0 Å². The first kappa shape index (κ1) is 10.8. The van der Waals surface area contributed by atoms with Crippen LogP contribution in [-0.2, 0) is 0 Å². The zero-order chi connectivity index (χ0) is 8.69.